The number of aromatic nitrogens is 1. The van der Waals surface area contributed by atoms with Gasteiger partial charge in [-0.2, -0.15) is 0 Å². The zero-order valence-electron chi connectivity index (χ0n) is 8.56. The molecule has 2 N–H and O–H groups in total. The smallest absolute Gasteiger partial charge is 0.170 e. The van der Waals surface area contributed by atoms with Gasteiger partial charge in [-0.1, -0.05) is 12.1 Å². The van der Waals surface area contributed by atoms with Gasteiger partial charge in [-0.25, -0.2) is 9.37 Å². The quantitative estimate of drug-likeness (QED) is 0.796. The van der Waals surface area contributed by atoms with Gasteiger partial charge in [-0.15, -0.1) is 0 Å². The second kappa shape index (κ2) is 5.82. The lowest BCUT2D eigenvalue weighted by atomic mass is 10.2. The molecule has 3 nitrogen and oxygen atoms in total. The van der Waals surface area contributed by atoms with E-state index in [1.54, 1.807) is 24.5 Å². The topological polar surface area (TPSA) is 53.4 Å². The predicted octanol–water partition coefficient (Wildman–Crippen LogP) is 2.04. The Morgan fingerprint density at radius 2 is 1.62 bits per heavy atom. The third-order valence-corrected chi connectivity index (χ3v) is 2.01. The first-order valence-electron chi connectivity index (χ1n) is 4.68. The molecule has 0 atom stereocenters. The normalized spacial score (nSPS) is 9.31. The summed E-state index contributed by atoms with van der Waals surface area (Å²) in [6, 6.07) is 9.96. The van der Waals surface area contributed by atoms with Crippen LogP contribution in [0.1, 0.15) is 5.56 Å². The first-order valence-corrected chi connectivity index (χ1v) is 4.68. The predicted molar refractivity (Wildman–Crippen MR) is 55.7 cm³/mol. The first kappa shape index (κ1) is 12.1. The van der Waals surface area contributed by atoms with E-state index in [0.29, 0.717) is 6.61 Å². The Kier molecular flexibility index (Phi) is 4.42. The number of aromatic amines is 1. The minimum atomic E-state index is -0.229. The third-order valence-electron chi connectivity index (χ3n) is 2.01. The van der Waals surface area contributed by atoms with Crippen molar-refractivity contribution >= 4 is 0 Å². The largest absolute Gasteiger partial charge is 0.870 e. The van der Waals surface area contributed by atoms with E-state index >= 15 is 0 Å². The summed E-state index contributed by atoms with van der Waals surface area (Å²) in [7, 11) is 0. The van der Waals surface area contributed by atoms with E-state index in [-0.39, 0.29) is 11.3 Å². The number of H-pyrrole nitrogens is 1. The molecule has 0 saturated carbocycles. The van der Waals surface area contributed by atoms with Crippen molar-refractivity contribution in [2.75, 3.05) is 0 Å². The lowest BCUT2D eigenvalue weighted by Gasteiger charge is -2.04. The standard InChI is InChI=1S/C12H10FNO.H2O/c13-11-3-1-10(2-4-11)9-15-12-5-7-14-8-6-12;/h1-8H,9H2;1H2. The minimum Gasteiger partial charge on any atom is -0.870 e. The summed E-state index contributed by atoms with van der Waals surface area (Å²) in [5.41, 5.74) is 0.948. The zero-order valence-corrected chi connectivity index (χ0v) is 8.56. The summed E-state index contributed by atoms with van der Waals surface area (Å²) in [6.45, 7) is 0.449. The van der Waals surface area contributed by atoms with Crippen molar-refractivity contribution in [1.82, 2.24) is 0 Å². The maximum atomic E-state index is 12.6. The van der Waals surface area contributed by atoms with Crippen molar-refractivity contribution in [2.45, 2.75) is 6.61 Å². The maximum Gasteiger partial charge on any atom is 0.170 e. The van der Waals surface area contributed by atoms with Crippen LogP contribution < -0.4 is 9.72 Å². The van der Waals surface area contributed by atoms with Crippen LogP contribution in [-0.2, 0) is 6.61 Å². The van der Waals surface area contributed by atoms with Crippen LogP contribution >= 0.6 is 0 Å². The molecule has 0 amide bonds. The van der Waals surface area contributed by atoms with Crippen molar-refractivity contribution in [1.29, 1.82) is 0 Å². The number of hydrogen-bond donors (Lipinski definition) is 0. The Hall–Kier alpha value is -1.94. The maximum absolute atomic E-state index is 12.6. The van der Waals surface area contributed by atoms with Gasteiger partial charge in [0.05, 0.1) is 0 Å². The number of rotatable bonds is 3. The van der Waals surface area contributed by atoms with Crippen molar-refractivity contribution in [3.8, 4) is 5.75 Å². The summed E-state index contributed by atoms with van der Waals surface area (Å²) in [5.74, 6) is 0.561. The molecule has 84 valence electrons. The van der Waals surface area contributed by atoms with Gasteiger partial charge in [0.25, 0.3) is 0 Å². The van der Waals surface area contributed by atoms with E-state index in [1.807, 2.05) is 12.1 Å². The van der Waals surface area contributed by atoms with E-state index in [2.05, 4.69) is 4.98 Å². The molecule has 0 fully saturated rings. The second-order valence-electron chi connectivity index (χ2n) is 3.15. The van der Waals surface area contributed by atoms with E-state index in [9.17, 15) is 4.39 Å². The summed E-state index contributed by atoms with van der Waals surface area (Å²) in [5, 5.41) is 0. The summed E-state index contributed by atoms with van der Waals surface area (Å²) in [6.07, 6.45) is 3.58. The average molecular weight is 221 g/mol. The van der Waals surface area contributed by atoms with Gasteiger partial charge in [-0.05, 0) is 17.7 Å². The molecule has 0 unspecified atom stereocenters. The van der Waals surface area contributed by atoms with Crippen LogP contribution in [0.3, 0.4) is 0 Å². The first-order chi connectivity index (χ1) is 7.34. The molecule has 16 heavy (non-hydrogen) atoms. The molecule has 0 bridgehead atoms. The fraction of sp³-hybridized carbons (Fsp3) is 0.0833. The molecule has 0 aliphatic rings. The fourth-order valence-corrected chi connectivity index (χ4v) is 1.22. The molecule has 4 heteroatoms. The Labute approximate surface area is 92.8 Å². The number of ether oxygens (including phenoxy) is 1. The van der Waals surface area contributed by atoms with Gasteiger partial charge in [0.1, 0.15) is 18.2 Å². The van der Waals surface area contributed by atoms with Crippen LogP contribution in [0.5, 0.6) is 5.75 Å². The monoisotopic (exact) mass is 221 g/mol. The third kappa shape index (κ3) is 3.33. The number of nitrogens with one attached hydrogen (secondary N) is 1. The summed E-state index contributed by atoms with van der Waals surface area (Å²) in [4.78, 5) is 2.91. The highest BCUT2D eigenvalue weighted by molar-refractivity contribution is 5.18. The lowest BCUT2D eigenvalue weighted by Crippen LogP contribution is -2.00. The highest BCUT2D eigenvalue weighted by atomic mass is 19.1. The van der Waals surface area contributed by atoms with Crippen LogP contribution in [0.25, 0.3) is 0 Å². The minimum absolute atomic E-state index is 0. The average Bonchev–Trinajstić information content (AvgIpc) is 2.30. The Morgan fingerprint density at radius 3 is 2.25 bits per heavy atom. The van der Waals surface area contributed by atoms with Crippen LogP contribution in [0.15, 0.2) is 48.8 Å². The SMILES string of the molecule is Fc1ccc(COc2cc[nH+]cc2)cc1.[OH-]. The summed E-state index contributed by atoms with van der Waals surface area (Å²) < 4.78 is 18.1. The molecule has 0 radical (unpaired) electrons. The summed E-state index contributed by atoms with van der Waals surface area (Å²) >= 11 is 0. The molecule has 1 aromatic carbocycles. The molecule has 0 spiro atoms. The van der Waals surface area contributed by atoms with Crippen LogP contribution in [0.4, 0.5) is 4.39 Å². The van der Waals surface area contributed by atoms with E-state index in [0.717, 1.165) is 11.3 Å². The number of pyridine rings is 1. The van der Waals surface area contributed by atoms with Crippen molar-refractivity contribution < 1.29 is 19.6 Å². The molecule has 0 saturated heterocycles. The highest BCUT2D eigenvalue weighted by Gasteiger charge is 1.96. The highest BCUT2D eigenvalue weighted by Crippen LogP contribution is 2.10. The van der Waals surface area contributed by atoms with Gasteiger partial charge in [0, 0.05) is 12.1 Å². The van der Waals surface area contributed by atoms with Crippen LogP contribution in [0.2, 0.25) is 0 Å². The van der Waals surface area contributed by atoms with Gasteiger partial charge in [0.15, 0.2) is 12.4 Å². The van der Waals surface area contributed by atoms with E-state index in [1.165, 1.54) is 12.1 Å². The number of hydrogen-bond acceptors (Lipinski definition) is 2. The molecular formula is C12H12FNO2. The Morgan fingerprint density at radius 1 is 1.00 bits per heavy atom. The Balaban J connectivity index is 0.00000128. The van der Waals surface area contributed by atoms with Crippen molar-refractivity contribution in [3.05, 3.63) is 60.2 Å². The molecule has 2 aromatic rings. The van der Waals surface area contributed by atoms with Crippen molar-refractivity contribution in [3.63, 3.8) is 0 Å². The molecule has 2 rings (SSSR count). The van der Waals surface area contributed by atoms with Gasteiger partial charge >= 0.3 is 0 Å². The van der Waals surface area contributed by atoms with Gasteiger partial charge in [-0.3, -0.25) is 0 Å². The van der Waals surface area contributed by atoms with Gasteiger partial charge < -0.3 is 10.2 Å². The molecule has 1 heterocycles. The van der Waals surface area contributed by atoms with Crippen molar-refractivity contribution in [2.24, 2.45) is 0 Å². The second-order valence-corrected chi connectivity index (χ2v) is 3.15. The molecular weight excluding hydrogens is 209 g/mol. The van der Waals surface area contributed by atoms with Crippen LogP contribution in [0, 0.1) is 5.82 Å². The zero-order chi connectivity index (χ0) is 10.5. The van der Waals surface area contributed by atoms with E-state index < -0.39 is 0 Å². The number of benzene rings is 1. The Bertz CT molecular complexity index is 417. The fourth-order valence-electron chi connectivity index (χ4n) is 1.22. The van der Waals surface area contributed by atoms with E-state index in [4.69, 9.17) is 4.74 Å². The lowest BCUT2D eigenvalue weighted by molar-refractivity contribution is -0.378. The molecule has 0 aliphatic carbocycles. The van der Waals surface area contributed by atoms with Crippen LogP contribution in [-0.4, -0.2) is 5.48 Å². The van der Waals surface area contributed by atoms with Gasteiger partial charge in [0.2, 0.25) is 0 Å². The molecule has 1 aromatic heterocycles. The number of halogens is 1. The molecule has 0 aliphatic heterocycles.